The van der Waals surface area contributed by atoms with Crippen LogP contribution in [-0.4, -0.2) is 20.8 Å². The number of nitrogens with two attached hydrogens (primary N) is 1. The van der Waals surface area contributed by atoms with Gasteiger partial charge in [-0.05, 0) is 6.07 Å². The molecule has 0 unspecified atom stereocenters. The first-order chi connectivity index (χ1) is 9.39. The number of para-hydroxylation sites is 1. The van der Waals surface area contributed by atoms with Gasteiger partial charge in [-0.15, -0.1) is 0 Å². The van der Waals surface area contributed by atoms with Crippen LogP contribution in [0.5, 0.6) is 5.75 Å². The van der Waals surface area contributed by atoms with Crippen LogP contribution < -0.4 is 9.88 Å². The third kappa shape index (κ3) is 3.29. The Labute approximate surface area is 119 Å². The smallest absolute Gasteiger partial charge is 0.333 e. The van der Waals surface area contributed by atoms with Crippen molar-refractivity contribution in [2.45, 2.75) is 38.6 Å². The van der Waals surface area contributed by atoms with Crippen molar-refractivity contribution >= 4 is 10.3 Å². The second-order valence-electron chi connectivity index (χ2n) is 4.64. The van der Waals surface area contributed by atoms with Crippen molar-refractivity contribution in [2.75, 3.05) is 6.61 Å². The van der Waals surface area contributed by atoms with Crippen molar-refractivity contribution in [1.29, 1.82) is 0 Å². The summed E-state index contributed by atoms with van der Waals surface area (Å²) in [6.07, 6.45) is 0.756. The van der Waals surface area contributed by atoms with Gasteiger partial charge in [0.15, 0.2) is 0 Å². The van der Waals surface area contributed by atoms with Crippen molar-refractivity contribution in [2.24, 2.45) is 5.14 Å². The van der Waals surface area contributed by atoms with Crippen LogP contribution in [-0.2, 0) is 19.2 Å². The van der Waals surface area contributed by atoms with E-state index in [0.717, 1.165) is 5.56 Å². The lowest BCUT2D eigenvalue weighted by atomic mass is 10.0. The van der Waals surface area contributed by atoms with Crippen LogP contribution in [0, 0.1) is 0 Å². The second kappa shape index (κ2) is 5.69. The topological polar surface area (TPSA) is 87.9 Å². The van der Waals surface area contributed by atoms with Crippen molar-refractivity contribution in [1.82, 2.24) is 0 Å². The first-order valence-corrected chi connectivity index (χ1v) is 7.99. The molecule has 1 heterocycles. The summed E-state index contributed by atoms with van der Waals surface area (Å²) in [6.45, 7) is 3.74. The Morgan fingerprint density at radius 1 is 1.30 bits per heavy atom. The Bertz CT molecular complexity index is 568. The monoisotopic (exact) mass is 301 g/mol. The van der Waals surface area contributed by atoms with E-state index in [0.29, 0.717) is 18.6 Å². The highest BCUT2D eigenvalue weighted by atomic mass is 32.2. The van der Waals surface area contributed by atoms with Crippen molar-refractivity contribution in [3.63, 3.8) is 0 Å². The molecule has 20 heavy (non-hydrogen) atoms. The quantitative estimate of drug-likeness (QED) is 0.897. The molecule has 0 aromatic heterocycles. The molecule has 6 nitrogen and oxygen atoms in total. The maximum absolute atomic E-state index is 11.0. The number of ether oxygens (including phenoxy) is 2. The molecule has 1 atom stereocenters. The zero-order chi connectivity index (χ0) is 14.8. The van der Waals surface area contributed by atoms with Gasteiger partial charge in [-0.1, -0.05) is 32.0 Å². The van der Waals surface area contributed by atoms with Gasteiger partial charge in [0.05, 0.1) is 6.61 Å². The largest absolute Gasteiger partial charge is 0.462 e. The van der Waals surface area contributed by atoms with E-state index < -0.39 is 22.2 Å². The molecule has 7 heteroatoms. The molecule has 0 radical (unpaired) electrons. The van der Waals surface area contributed by atoms with Gasteiger partial charge in [0.1, 0.15) is 11.9 Å². The van der Waals surface area contributed by atoms with Gasteiger partial charge in [-0.25, -0.2) is 5.14 Å². The third-order valence-corrected chi connectivity index (χ3v) is 3.84. The van der Waals surface area contributed by atoms with E-state index in [1.165, 1.54) is 0 Å². The first-order valence-electron chi connectivity index (χ1n) is 6.52. The van der Waals surface area contributed by atoms with Gasteiger partial charge in [0.25, 0.3) is 0 Å². The highest BCUT2D eigenvalue weighted by Gasteiger charge is 2.39. The van der Waals surface area contributed by atoms with Crippen molar-refractivity contribution < 1.29 is 22.1 Å². The maximum atomic E-state index is 11.0. The van der Waals surface area contributed by atoms with Crippen LogP contribution in [0.3, 0.4) is 0 Å². The summed E-state index contributed by atoms with van der Waals surface area (Å²) in [5, 5.41) is 4.87. The molecule has 0 bridgehead atoms. The molecule has 0 saturated carbocycles. The minimum absolute atomic E-state index is 0.166. The average Bonchev–Trinajstić information content (AvgIpc) is 2.43. The van der Waals surface area contributed by atoms with Crippen molar-refractivity contribution in [3.8, 4) is 5.75 Å². The molecule has 0 aliphatic carbocycles. The molecule has 1 aliphatic heterocycles. The number of hydrogen-bond donors (Lipinski definition) is 1. The summed E-state index contributed by atoms with van der Waals surface area (Å²) in [5.41, 5.74) is 0.758. The number of rotatable bonds is 5. The van der Waals surface area contributed by atoms with Gasteiger partial charge in [-0.2, -0.15) is 8.42 Å². The summed E-state index contributed by atoms with van der Waals surface area (Å²) < 4.78 is 38.4. The van der Waals surface area contributed by atoms with E-state index in [-0.39, 0.29) is 6.61 Å². The number of benzene rings is 1. The van der Waals surface area contributed by atoms with E-state index in [1.807, 2.05) is 38.1 Å². The van der Waals surface area contributed by atoms with E-state index in [9.17, 15) is 8.42 Å². The predicted molar refractivity (Wildman–Crippen MR) is 73.3 cm³/mol. The van der Waals surface area contributed by atoms with Crippen LogP contribution in [0.15, 0.2) is 24.3 Å². The lowest BCUT2D eigenvalue weighted by molar-refractivity contribution is -0.238. The first kappa shape index (κ1) is 15.2. The van der Waals surface area contributed by atoms with E-state index >= 15 is 0 Å². The minimum Gasteiger partial charge on any atom is -0.462 e. The highest BCUT2D eigenvalue weighted by molar-refractivity contribution is 7.84. The zero-order valence-electron chi connectivity index (χ0n) is 11.5. The van der Waals surface area contributed by atoms with E-state index in [1.54, 1.807) is 0 Å². The van der Waals surface area contributed by atoms with Crippen LogP contribution in [0.25, 0.3) is 0 Å². The Kier molecular flexibility index (Phi) is 4.33. The SMILES string of the molecule is CCC1(CC)Oc2ccccc2[C@@H](COS(N)(=O)=O)O1. The summed E-state index contributed by atoms with van der Waals surface area (Å²) in [6, 6.07) is 7.35. The Morgan fingerprint density at radius 3 is 2.55 bits per heavy atom. The molecule has 2 N–H and O–H groups in total. The van der Waals surface area contributed by atoms with Crippen LogP contribution in [0.2, 0.25) is 0 Å². The Morgan fingerprint density at radius 2 is 1.95 bits per heavy atom. The summed E-state index contributed by atoms with van der Waals surface area (Å²) in [5.74, 6) is -0.0775. The van der Waals surface area contributed by atoms with Gasteiger partial charge < -0.3 is 9.47 Å². The van der Waals surface area contributed by atoms with Crippen LogP contribution in [0.1, 0.15) is 38.4 Å². The predicted octanol–water partition coefficient (Wildman–Crippen LogP) is 1.87. The average molecular weight is 301 g/mol. The molecule has 2 rings (SSSR count). The standard InChI is InChI=1S/C13H19NO5S/c1-3-13(4-2)18-11-8-6-5-7-10(11)12(19-13)9-17-20(14,15)16/h5-8,12H,3-4,9H2,1-2H3,(H2,14,15,16)/t12-/m1/s1. The van der Waals surface area contributed by atoms with E-state index in [2.05, 4.69) is 4.18 Å². The molecular weight excluding hydrogens is 282 g/mol. The van der Waals surface area contributed by atoms with E-state index in [4.69, 9.17) is 14.6 Å². The van der Waals surface area contributed by atoms with Gasteiger partial charge in [0, 0.05) is 18.4 Å². The normalized spacial score (nSPS) is 21.1. The minimum atomic E-state index is -4.00. The highest BCUT2D eigenvalue weighted by Crippen LogP contribution is 2.41. The third-order valence-electron chi connectivity index (χ3n) is 3.38. The summed E-state index contributed by atoms with van der Waals surface area (Å²) in [7, 11) is -4.00. The molecule has 1 aromatic carbocycles. The summed E-state index contributed by atoms with van der Waals surface area (Å²) in [4.78, 5) is 0. The Hall–Kier alpha value is -1.15. The fourth-order valence-corrected chi connectivity index (χ4v) is 2.54. The fourth-order valence-electron chi connectivity index (χ4n) is 2.23. The van der Waals surface area contributed by atoms with Crippen LogP contribution >= 0.6 is 0 Å². The van der Waals surface area contributed by atoms with Crippen molar-refractivity contribution in [3.05, 3.63) is 29.8 Å². The zero-order valence-corrected chi connectivity index (χ0v) is 12.4. The van der Waals surface area contributed by atoms with Crippen LogP contribution in [0.4, 0.5) is 0 Å². The van der Waals surface area contributed by atoms with Gasteiger partial charge >= 0.3 is 10.3 Å². The number of fused-ring (bicyclic) bond motifs is 1. The molecule has 1 aliphatic rings. The Balaban J connectivity index is 2.30. The molecule has 0 saturated heterocycles. The molecule has 1 aromatic rings. The molecule has 112 valence electrons. The second-order valence-corrected chi connectivity index (χ2v) is 5.86. The van der Waals surface area contributed by atoms with Gasteiger partial charge in [-0.3, -0.25) is 4.18 Å². The molecule has 0 fully saturated rings. The molecular formula is C13H19NO5S. The lowest BCUT2D eigenvalue weighted by Crippen LogP contribution is -2.43. The molecule has 0 spiro atoms. The fraction of sp³-hybridized carbons (Fsp3) is 0.538. The maximum Gasteiger partial charge on any atom is 0.333 e. The molecule has 0 amide bonds. The van der Waals surface area contributed by atoms with Gasteiger partial charge in [0.2, 0.25) is 5.79 Å². The summed E-state index contributed by atoms with van der Waals surface area (Å²) >= 11 is 0. The lowest BCUT2D eigenvalue weighted by Gasteiger charge is -2.41. The number of hydrogen-bond acceptors (Lipinski definition) is 5.